The maximum atomic E-state index is 13.3. The predicted octanol–water partition coefficient (Wildman–Crippen LogP) is 1.15. The summed E-state index contributed by atoms with van der Waals surface area (Å²) >= 11 is 0. The molecule has 0 amide bonds. The van der Waals surface area contributed by atoms with Gasteiger partial charge in [0.15, 0.2) is 11.6 Å². The van der Waals surface area contributed by atoms with Crippen molar-refractivity contribution in [3.63, 3.8) is 0 Å². The summed E-state index contributed by atoms with van der Waals surface area (Å²) in [6, 6.07) is 2.71. The van der Waals surface area contributed by atoms with Crippen molar-refractivity contribution in [1.82, 2.24) is 15.2 Å². The van der Waals surface area contributed by atoms with Gasteiger partial charge in [0.05, 0.1) is 25.0 Å². The fourth-order valence-electron chi connectivity index (χ4n) is 1.37. The van der Waals surface area contributed by atoms with E-state index in [2.05, 4.69) is 20.5 Å². The van der Waals surface area contributed by atoms with E-state index < -0.39 is 5.82 Å². The van der Waals surface area contributed by atoms with Gasteiger partial charge in [-0.2, -0.15) is 5.10 Å². The minimum atomic E-state index is -0.491. The largest absolute Gasteiger partial charge is 0.494 e. The van der Waals surface area contributed by atoms with Crippen LogP contribution < -0.4 is 15.8 Å². The highest BCUT2D eigenvalue weighted by molar-refractivity contribution is 5.68. The Bertz CT molecular complexity index is 500. The molecule has 0 aliphatic heterocycles. The number of nitrogen functional groups attached to an aromatic ring is 1. The highest BCUT2D eigenvalue weighted by Gasteiger charge is 2.08. The molecule has 0 fully saturated rings. The van der Waals surface area contributed by atoms with Gasteiger partial charge in [-0.1, -0.05) is 0 Å². The third-order valence-electron chi connectivity index (χ3n) is 2.24. The molecule has 0 atom stereocenters. The van der Waals surface area contributed by atoms with Crippen LogP contribution in [0.1, 0.15) is 5.82 Å². The van der Waals surface area contributed by atoms with E-state index in [4.69, 9.17) is 10.5 Å². The van der Waals surface area contributed by atoms with Crippen LogP contribution in [0.4, 0.5) is 15.8 Å². The minimum absolute atomic E-state index is 0.138. The van der Waals surface area contributed by atoms with E-state index in [0.29, 0.717) is 23.7 Å². The summed E-state index contributed by atoms with van der Waals surface area (Å²) in [5.74, 6) is 0.308. The second-order valence-electron chi connectivity index (χ2n) is 3.36. The number of nitrogens with one attached hydrogen (secondary N) is 2. The molecule has 1 heterocycles. The van der Waals surface area contributed by atoms with Crippen LogP contribution in [0.15, 0.2) is 18.5 Å². The number of aromatic nitrogens is 3. The molecule has 0 saturated carbocycles. The molecule has 17 heavy (non-hydrogen) atoms. The molecular formula is C10H12FN5O. The molecule has 2 rings (SSSR count). The van der Waals surface area contributed by atoms with Crippen LogP contribution in [-0.4, -0.2) is 22.3 Å². The Hall–Kier alpha value is -2.31. The molecule has 7 heteroatoms. The number of anilines is 2. The van der Waals surface area contributed by atoms with Crippen molar-refractivity contribution < 1.29 is 9.13 Å². The summed E-state index contributed by atoms with van der Waals surface area (Å²) in [5.41, 5.74) is 6.57. The molecule has 0 saturated heterocycles. The number of methoxy groups -OCH3 is 1. The lowest BCUT2D eigenvalue weighted by molar-refractivity contribution is 0.387. The van der Waals surface area contributed by atoms with E-state index >= 15 is 0 Å². The summed E-state index contributed by atoms with van der Waals surface area (Å²) in [7, 11) is 1.40. The average molecular weight is 237 g/mol. The van der Waals surface area contributed by atoms with Gasteiger partial charge in [0.2, 0.25) is 0 Å². The molecule has 90 valence electrons. The Kier molecular flexibility index (Phi) is 3.08. The van der Waals surface area contributed by atoms with Crippen molar-refractivity contribution in [3.05, 3.63) is 30.1 Å². The molecular weight excluding hydrogens is 225 g/mol. The number of nitrogens with two attached hydrogens (primary N) is 1. The number of halogens is 1. The number of ether oxygens (including phenoxy) is 1. The maximum Gasteiger partial charge on any atom is 0.167 e. The Morgan fingerprint density at radius 3 is 3.00 bits per heavy atom. The average Bonchev–Trinajstić information content (AvgIpc) is 2.81. The molecule has 0 radical (unpaired) electrons. The van der Waals surface area contributed by atoms with E-state index in [1.807, 2.05) is 0 Å². The van der Waals surface area contributed by atoms with Gasteiger partial charge in [-0.05, 0) is 0 Å². The first-order chi connectivity index (χ1) is 8.20. The summed E-state index contributed by atoms with van der Waals surface area (Å²) in [6.07, 6.45) is 1.41. The zero-order valence-electron chi connectivity index (χ0n) is 9.20. The zero-order valence-corrected chi connectivity index (χ0v) is 9.20. The molecule has 0 aliphatic rings. The first kappa shape index (κ1) is 11.2. The van der Waals surface area contributed by atoms with Crippen molar-refractivity contribution in [2.75, 3.05) is 18.2 Å². The van der Waals surface area contributed by atoms with E-state index in [1.54, 1.807) is 0 Å². The minimum Gasteiger partial charge on any atom is -0.494 e. The second kappa shape index (κ2) is 4.69. The maximum absolute atomic E-state index is 13.3. The first-order valence-electron chi connectivity index (χ1n) is 4.92. The van der Waals surface area contributed by atoms with Crippen LogP contribution in [0.5, 0.6) is 5.75 Å². The number of H-pyrrole nitrogens is 1. The van der Waals surface area contributed by atoms with Gasteiger partial charge in [-0.3, -0.25) is 5.10 Å². The highest BCUT2D eigenvalue weighted by Crippen LogP contribution is 2.28. The van der Waals surface area contributed by atoms with Crippen LogP contribution in [0.3, 0.4) is 0 Å². The Morgan fingerprint density at radius 2 is 2.35 bits per heavy atom. The van der Waals surface area contributed by atoms with Crippen molar-refractivity contribution in [3.8, 4) is 5.75 Å². The van der Waals surface area contributed by atoms with Gasteiger partial charge >= 0.3 is 0 Å². The molecule has 0 bridgehead atoms. The topological polar surface area (TPSA) is 88.8 Å². The lowest BCUT2D eigenvalue weighted by Gasteiger charge is -2.10. The Labute approximate surface area is 97.0 Å². The third-order valence-corrected chi connectivity index (χ3v) is 2.24. The highest BCUT2D eigenvalue weighted by atomic mass is 19.1. The summed E-state index contributed by atoms with van der Waals surface area (Å²) in [5, 5.41) is 9.42. The number of benzene rings is 1. The summed E-state index contributed by atoms with van der Waals surface area (Å²) in [6.45, 7) is 0.416. The van der Waals surface area contributed by atoms with Crippen LogP contribution in [0.25, 0.3) is 0 Å². The molecule has 2 aromatic rings. The van der Waals surface area contributed by atoms with Crippen molar-refractivity contribution in [2.45, 2.75) is 6.54 Å². The Morgan fingerprint density at radius 1 is 1.53 bits per heavy atom. The van der Waals surface area contributed by atoms with E-state index in [-0.39, 0.29) is 5.75 Å². The fourth-order valence-corrected chi connectivity index (χ4v) is 1.37. The van der Waals surface area contributed by atoms with Crippen molar-refractivity contribution in [1.29, 1.82) is 0 Å². The summed E-state index contributed by atoms with van der Waals surface area (Å²) in [4.78, 5) is 3.95. The number of rotatable bonds is 4. The van der Waals surface area contributed by atoms with Gasteiger partial charge in [0, 0.05) is 12.1 Å². The monoisotopic (exact) mass is 237 g/mol. The van der Waals surface area contributed by atoms with Crippen LogP contribution in [0, 0.1) is 5.82 Å². The number of hydrogen-bond acceptors (Lipinski definition) is 5. The Balaban J connectivity index is 2.15. The van der Waals surface area contributed by atoms with E-state index in [0.717, 1.165) is 0 Å². The van der Waals surface area contributed by atoms with E-state index in [1.165, 1.54) is 25.6 Å². The second-order valence-corrected chi connectivity index (χ2v) is 3.36. The smallest absolute Gasteiger partial charge is 0.167 e. The van der Waals surface area contributed by atoms with Crippen LogP contribution in [-0.2, 0) is 6.54 Å². The quantitative estimate of drug-likeness (QED) is 0.694. The van der Waals surface area contributed by atoms with Gasteiger partial charge in [0.1, 0.15) is 12.2 Å². The molecule has 0 unspecified atom stereocenters. The standard InChI is InChI=1S/C10H12FN5O/c1-17-9-3-8(7(12)2-6(9)11)13-4-10-14-5-15-16-10/h2-3,5,13H,4,12H2,1H3,(H,14,15,16). The molecule has 1 aromatic carbocycles. The molecule has 4 N–H and O–H groups in total. The number of nitrogens with zero attached hydrogens (tertiary/aromatic N) is 2. The first-order valence-corrected chi connectivity index (χ1v) is 4.92. The number of hydrogen-bond donors (Lipinski definition) is 3. The van der Waals surface area contributed by atoms with Gasteiger partial charge in [-0.25, -0.2) is 9.37 Å². The fraction of sp³-hybridized carbons (Fsp3) is 0.200. The van der Waals surface area contributed by atoms with Crippen LogP contribution in [0.2, 0.25) is 0 Å². The molecule has 6 nitrogen and oxygen atoms in total. The number of aromatic amines is 1. The van der Waals surface area contributed by atoms with Gasteiger partial charge in [-0.15, -0.1) is 0 Å². The lowest BCUT2D eigenvalue weighted by Crippen LogP contribution is -2.05. The van der Waals surface area contributed by atoms with Crippen LogP contribution >= 0.6 is 0 Å². The van der Waals surface area contributed by atoms with E-state index in [9.17, 15) is 4.39 Å². The molecule has 0 spiro atoms. The zero-order chi connectivity index (χ0) is 12.3. The summed E-state index contributed by atoms with van der Waals surface area (Å²) < 4.78 is 18.2. The molecule has 1 aromatic heterocycles. The van der Waals surface area contributed by atoms with Gasteiger partial charge in [0.25, 0.3) is 0 Å². The van der Waals surface area contributed by atoms with Gasteiger partial charge < -0.3 is 15.8 Å². The van der Waals surface area contributed by atoms with Crippen molar-refractivity contribution in [2.24, 2.45) is 0 Å². The lowest BCUT2D eigenvalue weighted by atomic mass is 10.2. The third kappa shape index (κ3) is 2.44. The predicted molar refractivity (Wildman–Crippen MR) is 61.1 cm³/mol. The SMILES string of the molecule is COc1cc(NCc2ncn[nH]2)c(N)cc1F. The molecule has 0 aliphatic carbocycles. The van der Waals surface area contributed by atoms with Crippen molar-refractivity contribution >= 4 is 11.4 Å². The normalized spacial score (nSPS) is 10.2.